The fraction of sp³-hybridized carbons (Fsp3) is 0.800. The van der Waals surface area contributed by atoms with Crippen molar-refractivity contribution in [2.75, 3.05) is 0 Å². The summed E-state index contributed by atoms with van der Waals surface area (Å²) in [6, 6.07) is -0.343. The zero-order valence-corrected chi connectivity index (χ0v) is 5.90. The third kappa shape index (κ3) is 2.23. The highest BCUT2D eigenvalue weighted by Gasteiger charge is 2.10. The summed E-state index contributed by atoms with van der Waals surface area (Å²) in [5.41, 5.74) is 5.37. The van der Waals surface area contributed by atoms with Gasteiger partial charge in [0.15, 0.2) is 5.05 Å². The molecule has 0 aromatic heterocycles. The minimum Gasteiger partial charge on any atom is -0.501 e. The fourth-order valence-corrected chi connectivity index (χ4v) is 0.557. The molecule has 2 nitrogen and oxygen atoms in total. The summed E-state index contributed by atoms with van der Waals surface area (Å²) >= 11 is 4.42. The zero-order valence-electron chi connectivity index (χ0n) is 5.09. The van der Waals surface area contributed by atoms with Crippen LogP contribution in [-0.4, -0.2) is 16.2 Å². The first-order chi connectivity index (χ1) is 3.55. The Balaban J connectivity index is 3.64. The van der Waals surface area contributed by atoms with Crippen LogP contribution in [0, 0.1) is 5.92 Å². The van der Waals surface area contributed by atoms with Crippen LogP contribution in [0.15, 0.2) is 0 Å². The number of aliphatic hydroxyl groups is 1. The smallest absolute Gasteiger partial charge is 0.174 e. The molecule has 0 aliphatic heterocycles. The van der Waals surface area contributed by atoms with Crippen molar-refractivity contribution >= 4 is 17.3 Å². The van der Waals surface area contributed by atoms with Gasteiger partial charge in [-0.05, 0) is 18.1 Å². The summed E-state index contributed by atoms with van der Waals surface area (Å²) in [6.45, 7) is 3.82. The molecule has 0 aliphatic rings. The normalized spacial score (nSPS) is 14.0. The van der Waals surface area contributed by atoms with Crippen molar-refractivity contribution < 1.29 is 5.11 Å². The van der Waals surface area contributed by atoms with Crippen molar-refractivity contribution in [3.8, 4) is 0 Å². The van der Waals surface area contributed by atoms with E-state index in [4.69, 9.17) is 10.8 Å². The predicted molar refractivity (Wildman–Crippen MR) is 38.0 cm³/mol. The molecule has 1 atom stereocenters. The molecule has 0 radical (unpaired) electrons. The van der Waals surface area contributed by atoms with Crippen molar-refractivity contribution in [1.82, 2.24) is 0 Å². The van der Waals surface area contributed by atoms with Gasteiger partial charge in [0.25, 0.3) is 0 Å². The lowest BCUT2D eigenvalue weighted by molar-refractivity contribution is 0.482. The Morgan fingerprint density at radius 3 is 2.00 bits per heavy atom. The van der Waals surface area contributed by atoms with E-state index < -0.39 is 0 Å². The molecule has 0 spiro atoms. The van der Waals surface area contributed by atoms with Crippen LogP contribution in [0.25, 0.3) is 0 Å². The zero-order chi connectivity index (χ0) is 6.73. The lowest BCUT2D eigenvalue weighted by atomic mass is 10.1. The minimum absolute atomic E-state index is 0.0972. The van der Waals surface area contributed by atoms with Gasteiger partial charge in [-0.2, -0.15) is 0 Å². The third-order valence-corrected chi connectivity index (χ3v) is 1.28. The number of aliphatic hydroxyl groups excluding tert-OH is 1. The Kier molecular flexibility index (Phi) is 2.94. The fourth-order valence-electron chi connectivity index (χ4n) is 0.285. The maximum atomic E-state index is 8.60. The van der Waals surface area contributed by atoms with E-state index in [9.17, 15) is 0 Å². The molecule has 0 fully saturated rings. The van der Waals surface area contributed by atoms with E-state index in [1.54, 1.807) is 0 Å². The highest BCUT2D eigenvalue weighted by molar-refractivity contribution is 7.80. The summed E-state index contributed by atoms with van der Waals surface area (Å²) in [4.78, 5) is 0. The molecule has 0 rings (SSSR count). The molecule has 3 heteroatoms. The van der Waals surface area contributed by atoms with Crippen LogP contribution in [0.3, 0.4) is 0 Å². The van der Waals surface area contributed by atoms with Crippen molar-refractivity contribution in [3.63, 3.8) is 0 Å². The lowest BCUT2D eigenvalue weighted by Crippen LogP contribution is -2.33. The summed E-state index contributed by atoms with van der Waals surface area (Å²) in [5.74, 6) is 0.229. The van der Waals surface area contributed by atoms with Gasteiger partial charge in [0.2, 0.25) is 0 Å². The van der Waals surface area contributed by atoms with Crippen molar-refractivity contribution in [3.05, 3.63) is 0 Å². The van der Waals surface area contributed by atoms with Crippen LogP contribution in [0.1, 0.15) is 13.8 Å². The number of hydrogen-bond donors (Lipinski definition) is 2. The molecule has 0 aliphatic carbocycles. The van der Waals surface area contributed by atoms with E-state index in [0.717, 1.165) is 0 Å². The second-order valence-electron chi connectivity index (χ2n) is 2.11. The molecule has 0 amide bonds. The number of nitrogens with two attached hydrogens (primary N) is 1. The molecule has 0 bridgehead atoms. The molecule has 8 heavy (non-hydrogen) atoms. The van der Waals surface area contributed by atoms with Gasteiger partial charge < -0.3 is 10.8 Å². The van der Waals surface area contributed by atoms with Crippen molar-refractivity contribution in [2.24, 2.45) is 11.7 Å². The Bertz CT molecular complexity index is 92.4. The monoisotopic (exact) mass is 133 g/mol. The Morgan fingerprint density at radius 1 is 1.62 bits per heavy atom. The SMILES string of the molecule is CC(C)[C@H](N)C(O)=S. The third-order valence-electron chi connectivity index (χ3n) is 1.00. The first-order valence-electron chi connectivity index (χ1n) is 2.54. The van der Waals surface area contributed by atoms with Gasteiger partial charge in [-0.3, -0.25) is 0 Å². The average molecular weight is 133 g/mol. The van der Waals surface area contributed by atoms with Gasteiger partial charge in [-0.15, -0.1) is 0 Å². The van der Waals surface area contributed by atoms with Crippen LogP contribution in [0.4, 0.5) is 0 Å². The van der Waals surface area contributed by atoms with Crippen LogP contribution >= 0.6 is 12.2 Å². The summed E-state index contributed by atoms with van der Waals surface area (Å²) in [6.07, 6.45) is 0. The molecule has 0 unspecified atom stereocenters. The van der Waals surface area contributed by atoms with E-state index in [1.807, 2.05) is 13.8 Å². The summed E-state index contributed by atoms with van der Waals surface area (Å²) in [5, 5.41) is 8.50. The highest BCUT2D eigenvalue weighted by atomic mass is 32.1. The molecule has 0 saturated heterocycles. The van der Waals surface area contributed by atoms with Crippen molar-refractivity contribution in [1.29, 1.82) is 0 Å². The van der Waals surface area contributed by atoms with Gasteiger partial charge >= 0.3 is 0 Å². The van der Waals surface area contributed by atoms with E-state index in [-0.39, 0.29) is 17.0 Å². The number of rotatable bonds is 2. The summed E-state index contributed by atoms with van der Waals surface area (Å²) in [7, 11) is 0. The van der Waals surface area contributed by atoms with Gasteiger partial charge in [0.05, 0.1) is 6.04 Å². The van der Waals surface area contributed by atoms with E-state index >= 15 is 0 Å². The first-order valence-corrected chi connectivity index (χ1v) is 2.95. The topological polar surface area (TPSA) is 46.2 Å². The van der Waals surface area contributed by atoms with Crippen LogP contribution in [0.2, 0.25) is 0 Å². The molecule has 0 aromatic rings. The second kappa shape index (κ2) is 2.99. The number of hydrogen-bond acceptors (Lipinski definition) is 2. The quantitative estimate of drug-likeness (QED) is 0.549. The van der Waals surface area contributed by atoms with Gasteiger partial charge in [0.1, 0.15) is 0 Å². The van der Waals surface area contributed by atoms with E-state index in [0.29, 0.717) is 0 Å². The predicted octanol–water partition coefficient (Wildman–Crippen LogP) is 0.855. The maximum Gasteiger partial charge on any atom is 0.174 e. The lowest BCUT2D eigenvalue weighted by Gasteiger charge is -2.10. The van der Waals surface area contributed by atoms with Crippen LogP contribution in [-0.2, 0) is 0 Å². The van der Waals surface area contributed by atoms with E-state index in [1.165, 1.54) is 0 Å². The highest BCUT2D eigenvalue weighted by Crippen LogP contribution is 1.97. The average Bonchev–Trinajstić information content (AvgIpc) is 1.64. The van der Waals surface area contributed by atoms with Crippen LogP contribution < -0.4 is 5.73 Å². The molecular weight excluding hydrogens is 122 g/mol. The molecular formula is C5H11NOS. The summed E-state index contributed by atoms with van der Waals surface area (Å²) < 4.78 is 0. The largest absolute Gasteiger partial charge is 0.501 e. The Morgan fingerprint density at radius 2 is 2.00 bits per heavy atom. The van der Waals surface area contributed by atoms with Gasteiger partial charge in [0, 0.05) is 0 Å². The van der Waals surface area contributed by atoms with Crippen molar-refractivity contribution in [2.45, 2.75) is 19.9 Å². The van der Waals surface area contributed by atoms with Gasteiger partial charge in [-0.25, -0.2) is 0 Å². The second-order valence-corrected chi connectivity index (χ2v) is 2.53. The molecule has 3 N–H and O–H groups in total. The van der Waals surface area contributed by atoms with E-state index in [2.05, 4.69) is 12.2 Å². The Labute approximate surface area is 54.7 Å². The standard InChI is InChI=1S/C5H11NOS/c1-3(2)4(6)5(7)8/h3-4H,6H2,1-2H3,(H,7,8)/t4-/m0/s1. The number of thiocarbonyl (C=S) groups is 1. The first kappa shape index (κ1) is 7.85. The molecule has 0 aromatic carbocycles. The Hall–Kier alpha value is -0.150. The molecule has 0 heterocycles. The minimum atomic E-state index is -0.343. The molecule has 0 saturated carbocycles. The molecule has 48 valence electrons. The van der Waals surface area contributed by atoms with Gasteiger partial charge in [-0.1, -0.05) is 13.8 Å². The van der Waals surface area contributed by atoms with Crippen LogP contribution in [0.5, 0.6) is 0 Å². The maximum absolute atomic E-state index is 8.60.